The molecule has 1 amide bonds. The van der Waals surface area contributed by atoms with Crippen LogP contribution in [0.4, 0.5) is 5.82 Å². The zero-order valence-corrected chi connectivity index (χ0v) is 19.4. The molecule has 0 bridgehead atoms. The van der Waals surface area contributed by atoms with Crippen molar-refractivity contribution in [1.82, 2.24) is 14.9 Å². The van der Waals surface area contributed by atoms with Gasteiger partial charge in [-0.2, -0.15) is 4.36 Å². The van der Waals surface area contributed by atoms with Gasteiger partial charge in [0.2, 0.25) is 11.1 Å². The minimum Gasteiger partial charge on any atom is -0.308 e. The second-order valence-corrected chi connectivity index (χ2v) is 10.9. The van der Waals surface area contributed by atoms with Gasteiger partial charge in [0.1, 0.15) is 15.4 Å². The summed E-state index contributed by atoms with van der Waals surface area (Å²) >= 11 is 5.94. The number of amides is 1. The number of rotatable bonds is 4. The highest BCUT2D eigenvalue weighted by Crippen LogP contribution is 2.25. The number of hydrogen-bond acceptors (Lipinski definition) is 5. The molecule has 3 N–H and O–H groups in total. The summed E-state index contributed by atoms with van der Waals surface area (Å²) in [5, 5.41) is 11.1. The third-order valence-corrected chi connectivity index (χ3v) is 6.97. The molecule has 31 heavy (non-hydrogen) atoms. The highest BCUT2D eigenvalue weighted by Gasteiger charge is 2.31. The predicted molar refractivity (Wildman–Crippen MR) is 123 cm³/mol. The zero-order chi connectivity index (χ0) is 23.0. The smallest absolute Gasteiger partial charge is 0.308 e. The summed E-state index contributed by atoms with van der Waals surface area (Å²) in [5.41, 5.74) is -0.330. The molecule has 1 aliphatic rings. The van der Waals surface area contributed by atoms with Crippen molar-refractivity contribution in [2.24, 2.45) is 14.8 Å². The number of carbonyl (C=O) groups excluding carboxylic acids is 1. The van der Waals surface area contributed by atoms with Gasteiger partial charge in [0.05, 0.1) is 6.54 Å². The van der Waals surface area contributed by atoms with Crippen molar-refractivity contribution in [3.05, 3.63) is 51.0 Å². The summed E-state index contributed by atoms with van der Waals surface area (Å²) in [5.74, 6) is -0.207. The van der Waals surface area contributed by atoms with E-state index in [1.54, 1.807) is 45.0 Å². The lowest BCUT2D eigenvalue weighted by atomic mass is 9.95. The van der Waals surface area contributed by atoms with Crippen molar-refractivity contribution >= 4 is 44.1 Å². The largest absolute Gasteiger partial charge is 0.328 e. The molecule has 0 fully saturated rings. The highest BCUT2D eigenvalue weighted by molar-refractivity contribution is 8.08. The van der Waals surface area contributed by atoms with Crippen LogP contribution in [-0.2, 0) is 21.1 Å². The number of carbonyl (C=O) groups is 1. The quantitative estimate of drug-likeness (QED) is 0.641. The molecule has 0 spiro atoms. The van der Waals surface area contributed by atoms with Crippen LogP contribution < -0.4 is 11.0 Å². The van der Waals surface area contributed by atoms with Crippen LogP contribution in [0, 0.1) is 10.8 Å². The van der Waals surface area contributed by atoms with Gasteiger partial charge >= 0.3 is 5.69 Å². The Kier molecular flexibility index (Phi) is 6.24. The van der Waals surface area contributed by atoms with Crippen LogP contribution in [0.5, 0.6) is 0 Å². The Bertz CT molecular complexity index is 1240. The molecule has 0 aliphatic carbocycles. The molecule has 11 heteroatoms. The fourth-order valence-corrected chi connectivity index (χ4v) is 4.61. The molecular formula is C20H25ClN6O3S. The van der Waals surface area contributed by atoms with Crippen molar-refractivity contribution in [2.75, 3.05) is 5.75 Å². The standard InChI is InChI=1S/C20H25ClN6O3S/c1-5-10-31(30)18(22)25-15(24-17(28)20(2,3)4)14-16(26-31)27(19(29)23-14)11-12-6-8-13(21)9-7-12/h6-9H,5,10-11H2,1-4H3,(H,23,29)(H2,22,24,25,28). The number of nitrogens with one attached hydrogen (secondary N) is 3. The van der Waals surface area contributed by atoms with E-state index in [-0.39, 0.29) is 35.6 Å². The number of hydrogen-bond donors (Lipinski definition) is 3. The van der Waals surface area contributed by atoms with Crippen LogP contribution in [0.2, 0.25) is 5.02 Å². The van der Waals surface area contributed by atoms with E-state index in [2.05, 4.69) is 19.7 Å². The molecular weight excluding hydrogens is 440 g/mol. The minimum atomic E-state index is -3.21. The van der Waals surface area contributed by atoms with Gasteiger partial charge in [-0.15, -0.1) is 0 Å². The van der Waals surface area contributed by atoms with Crippen molar-refractivity contribution < 1.29 is 9.00 Å². The number of aromatic amines is 1. The molecule has 1 atom stereocenters. The Hall–Kier alpha value is -2.72. The number of aliphatic imine (C=N–C) groups is 1. The van der Waals surface area contributed by atoms with E-state index >= 15 is 0 Å². The van der Waals surface area contributed by atoms with Crippen LogP contribution in [-0.4, -0.2) is 36.4 Å². The van der Waals surface area contributed by atoms with Gasteiger partial charge in [0.15, 0.2) is 11.7 Å². The zero-order valence-electron chi connectivity index (χ0n) is 17.8. The summed E-state index contributed by atoms with van der Waals surface area (Å²) in [6.45, 7) is 7.15. The van der Waals surface area contributed by atoms with Crippen LogP contribution in [0.25, 0.3) is 0 Å². The summed E-state index contributed by atoms with van der Waals surface area (Å²) in [7, 11) is -3.21. The Morgan fingerprint density at radius 1 is 1.29 bits per heavy atom. The lowest BCUT2D eigenvalue weighted by Gasteiger charge is -2.18. The van der Waals surface area contributed by atoms with Crippen LogP contribution in [0.3, 0.4) is 0 Å². The molecule has 9 nitrogen and oxygen atoms in total. The van der Waals surface area contributed by atoms with Gasteiger partial charge in [-0.05, 0) is 24.1 Å². The Balaban J connectivity index is 2.19. The number of imidazole rings is 1. The molecule has 3 rings (SSSR count). The van der Waals surface area contributed by atoms with Crippen LogP contribution in [0.15, 0.2) is 38.4 Å². The molecule has 2 heterocycles. The summed E-state index contributed by atoms with van der Waals surface area (Å²) in [4.78, 5) is 32.1. The molecule has 1 aromatic carbocycles. The molecule has 0 saturated carbocycles. The number of amidine groups is 2. The number of benzene rings is 1. The molecule has 166 valence electrons. The summed E-state index contributed by atoms with van der Waals surface area (Å²) in [6, 6.07) is 6.95. The topological polar surface area (TPSA) is 133 Å². The van der Waals surface area contributed by atoms with Crippen LogP contribution >= 0.6 is 11.6 Å². The lowest BCUT2D eigenvalue weighted by Crippen LogP contribution is -2.40. The van der Waals surface area contributed by atoms with Crippen molar-refractivity contribution in [1.29, 1.82) is 5.41 Å². The predicted octanol–water partition coefficient (Wildman–Crippen LogP) is 3.24. The number of H-pyrrole nitrogens is 1. The molecule has 1 aliphatic heterocycles. The van der Waals surface area contributed by atoms with E-state index in [9.17, 15) is 13.8 Å². The van der Waals surface area contributed by atoms with Gasteiger partial charge in [0, 0.05) is 16.2 Å². The van der Waals surface area contributed by atoms with Gasteiger partial charge in [-0.3, -0.25) is 14.8 Å². The normalized spacial score (nSPS) is 18.6. The third-order valence-electron chi connectivity index (χ3n) is 4.59. The Labute approximate surface area is 185 Å². The number of aromatic nitrogens is 2. The maximum atomic E-state index is 13.4. The molecule has 2 aromatic rings. The van der Waals surface area contributed by atoms with E-state index in [0.29, 0.717) is 11.4 Å². The first-order chi connectivity index (χ1) is 14.4. The summed E-state index contributed by atoms with van der Waals surface area (Å²) < 4.78 is 19.1. The fourth-order valence-electron chi connectivity index (χ4n) is 2.86. The van der Waals surface area contributed by atoms with Crippen LogP contribution in [0.1, 0.15) is 45.4 Å². The number of nitrogens with zero attached hydrogens (tertiary/aromatic N) is 3. The number of halogens is 1. The fraction of sp³-hybridized carbons (Fsp3) is 0.400. The third kappa shape index (κ3) is 4.80. The maximum absolute atomic E-state index is 13.4. The van der Waals surface area contributed by atoms with E-state index in [1.165, 1.54) is 4.57 Å². The van der Waals surface area contributed by atoms with E-state index in [4.69, 9.17) is 17.0 Å². The Morgan fingerprint density at radius 2 is 1.94 bits per heavy atom. The SMILES string of the molecule is CCCS1(=O)=Nc2c([nH]c(=O)n2Cc2ccc(Cl)cc2)C(NC(=O)C(C)(C)C)=NC1=N. The maximum Gasteiger partial charge on any atom is 0.328 e. The van der Waals surface area contributed by atoms with Gasteiger partial charge in [0.25, 0.3) is 0 Å². The first-order valence-electron chi connectivity index (χ1n) is 9.76. The van der Waals surface area contributed by atoms with Gasteiger partial charge < -0.3 is 10.3 Å². The highest BCUT2D eigenvalue weighted by atomic mass is 35.5. The lowest BCUT2D eigenvalue weighted by molar-refractivity contribution is -0.126. The van der Waals surface area contributed by atoms with Crippen molar-refractivity contribution in [2.45, 2.75) is 40.7 Å². The Morgan fingerprint density at radius 3 is 2.52 bits per heavy atom. The van der Waals surface area contributed by atoms with Gasteiger partial charge in [-0.25, -0.2) is 14.0 Å². The minimum absolute atomic E-state index is 0.0445. The van der Waals surface area contributed by atoms with E-state index in [1.807, 2.05) is 6.92 Å². The first-order valence-corrected chi connectivity index (χ1v) is 11.8. The second-order valence-electron chi connectivity index (χ2n) is 8.25. The average molecular weight is 465 g/mol. The number of fused-ring (bicyclic) bond motifs is 1. The molecule has 0 saturated heterocycles. The summed E-state index contributed by atoms with van der Waals surface area (Å²) in [6.07, 6.45) is 0.505. The first kappa shape index (κ1) is 23.0. The van der Waals surface area contributed by atoms with Crippen molar-refractivity contribution in [3.63, 3.8) is 0 Å². The molecule has 1 unspecified atom stereocenters. The molecule has 0 radical (unpaired) electrons. The van der Waals surface area contributed by atoms with E-state index < -0.39 is 26.0 Å². The monoisotopic (exact) mass is 464 g/mol. The van der Waals surface area contributed by atoms with Gasteiger partial charge in [-0.1, -0.05) is 51.4 Å². The van der Waals surface area contributed by atoms with E-state index in [0.717, 1.165) is 5.56 Å². The second kappa shape index (κ2) is 8.43. The average Bonchev–Trinajstić information content (AvgIpc) is 2.92. The van der Waals surface area contributed by atoms with Crippen molar-refractivity contribution in [3.8, 4) is 0 Å². The molecule has 1 aromatic heterocycles.